The molecule has 1 saturated heterocycles. The number of rotatable bonds is 4. The lowest BCUT2D eigenvalue weighted by atomic mass is 10.1. The number of carbonyl (C=O) groups excluding carboxylic acids is 3. The molecule has 0 radical (unpaired) electrons. The summed E-state index contributed by atoms with van der Waals surface area (Å²) in [6, 6.07) is 14.6. The summed E-state index contributed by atoms with van der Waals surface area (Å²) >= 11 is 0. The highest BCUT2D eigenvalue weighted by Crippen LogP contribution is 2.24. The van der Waals surface area contributed by atoms with Crippen molar-refractivity contribution in [2.75, 3.05) is 5.32 Å². The van der Waals surface area contributed by atoms with Crippen molar-refractivity contribution < 1.29 is 14.4 Å². The maximum absolute atomic E-state index is 12.5. The quantitative estimate of drug-likeness (QED) is 0.484. The third kappa shape index (κ3) is 3.50. The van der Waals surface area contributed by atoms with Crippen molar-refractivity contribution in [2.45, 2.75) is 13.5 Å². The van der Waals surface area contributed by atoms with Gasteiger partial charge in [-0.05, 0) is 31.2 Å². The van der Waals surface area contributed by atoms with Crippen molar-refractivity contribution in [3.05, 3.63) is 71.6 Å². The van der Waals surface area contributed by atoms with Crippen LogP contribution in [0.2, 0.25) is 0 Å². The summed E-state index contributed by atoms with van der Waals surface area (Å²) in [6.07, 6.45) is 3.40. The van der Waals surface area contributed by atoms with Gasteiger partial charge in [0, 0.05) is 28.4 Å². The Morgan fingerprint density at radius 2 is 1.82 bits per heavy atom. The molecule has 3 N–H and O–H groups in total. The van der Waals surface area contributed by atoms with E-state index < -0.39 is 11.9 Å². The number of hydrogen-bond acceptors (Lipinski definition) is 3. The van der Waals surface area contributed by atoms with Gasteiger partial charge in [-0.15, -0.1) is 0 Å². The van der Waals surface area contributed by atoms with E-state index in [-0.39, 0.29) is 18.1 Å². The first-order valence-electron chi connectivity index (χ1n) is 8.78. The molecule has 2 heterocycles. The molecule has 4 amide bonds. The van der Waals surface area contributed by atoms with Crippen molar-refractivity contribution in [1.29, 1.82) is 0 Å². The van der Waals surface area contributed by atoms with Crippen LogP contribution in [-0.4, -0.2) is 22.4 Å². The molecule has 140 valence electrons. The van der Waals surface area contributed by atoms with Crippen molar-refractivity contribution in [1.82, 2.24) is 15.2 Å². The van der Waals surface area contributed by atoms with Gasteiger partial charge >= 0.3 is 6.03 Å². The largest absolute Gasteiger partial charge is 0.337 e. The number of amides is 4. The molecule has 28 heavy (non-hydrogen) atoms. The van der Waals surface area contributed by atoms with Crippen molar-refractivity contribution in [2.24, 2.45) is 0 Å². The minimum atomic E-state index is -0.544. The van der Waals surface area contributed by atoms with E-state index >= 15 is 0 Å². The second-order valence-electron chi connectivity index (χ2n) is 6.61. The minimum Gasteiger partial charge on any atom is -0.337 e. The predicted octanol–water partition coefficient (Wildman–Crippen LogP) is 2.77. The van der Waals surface area contributed by atoms with Gasteiger partial charge < -0.3 is 15.2 Å². The molecule has 1 aromatic heterocycles. The van der Waals surface area contributed by atoms with Crippen LogP contribution in [0.15, 0.2) is 60.4 Å². The zero-order chi connectivity index (χ0) is 19.7. The number of urea groups is 1. The van der Waals surface area contributed by atoms with Crippen LogP contribution in [0.3, 0.4) is 0 Å². The average molecular weight is 374 g/mol. The van der Waals surface area contributed by atoms with Gasteiger partial charge in [-0.25, -0.2) is 4.79 Å². The fourth-order valence-electron chi connectivity index (χ4n) is 3.15. The van der Waals surface area contributed by atoms with Crippen LogP contribution in [0.4, 0.5) is 10.5 Å². The number of anilines is 1. The first kappa shape index (κ1) is 17.5. The van der Waals surface area contributed by atoms with Gasteiger partial charge in [-0.1, -0.05) is 35.9 Å². The Balaban J connectivity index is 1.62. The lowest BCUT2D eigenvalue weighted by Gasteiger charge is -2.07. The first-order chi connectivity index (χ1) is 13.5. The number of imide groups is 1. The van der Waals surface area contributed by atoms with Crippen LogP contribution in [-0.2, 0) is 16.1 Å². The topological polar surface area (TPSA) is 92.2 Å². The molecule has 1 aliphatic rings. The van der Waals surface area contributed by atoms with Crippen molar-refractivity contribution >= 4 is 40.5 Å². The number of hydrogen-bond donors (Lipinski definition) is 3. The van der Waals surface area contributed by atoms with E-state index in [9.17, 15) is 14.4 Å². The molecule has 4 rings (SSSR count). The lowest BCUT2D eigenvalue weighted by molar-refractivity contribution is -0.117. The molecule has 0 aliphatic carbocycles. The molecule has 7 nitrogen and oxygen atoms in total. The molecule has 0 unspecified atom stereocenters. The molecule has 0 spiro atoms. The normalized spacial score (nSPS) is 15.0. The summed E-state index contributed by atoms with van der Waals surface area (Å²) < 4.78 is 1.82. The molecular weight excluding hydrogens is 356 g/mol. The summed E-state index contributed by atoms with van der Waals surface area (Å²) in [7, 11) is 0. The third-order valence-electron chi connectivity index (χ3n) is 4.49. The zero-order valence-corrected chi connectivity index (χ0v) is 15.2. The van der Waals surface area contributed by atoms with Crippen LogP contribution in [0.1, 0.15) is 11.1 Å². The summed E-state index contributed by atoms with van der Waals surface area (Å²) in [5.41, 5.74) is 3.64. The van der Waals surface area contributed by atoms with Crippen molar-refractivity contribution in [3.8, 4) is 0 Å². The Morgan fingerprint density at radius 3 is 2.54 bits per heavy atom. The first-order valence-corrected chi connectivity index (χ1v) is 8.78. The Kier molecular flexibility index (Phi) is 4.41. The summed E-state index contributed by atoms with van der Waals surface area (Å²) in [5.74, 6) is -0.630. The molecule has 0 saturated carbocycles. The molecular formula is C21H18N4O3. The summed E-state index contributed by atoms with van der Waals surface area (Å²) in [6.45, 7) is 2.11. The number of carbonyl (C=O) groups is 3. The van der Waals surface area contributed by atoms with E-state index in [4.69, 9.17) is 0 Å². The Labute approximate surface area is 161 Å². The number of benzene rings is 2. The molecule has 1 fully saturated rings. The average Bonchev–Trinajstić information content (AvgIpc) is 3.17. The van der Waals surface area contributed by atoms with E-state index in [2.05, 4.69) is 16.0 Å². The third-order valence-corrected chi connectivity index (χ3v) is 4.49. The second kappa shape index (κ2) is 7.03. The number of nitrogens with zero attached hydrogens (tertiary/aromatic N) is 1. The van der Waals surface area contributed by atoms with Gasteiger partial charge in [0.15, 0.2) is 0 Å². The van der Waals surface area contributed by atoms with Crippen LogP contribution < -0.4 is 16.0 Å². The van der Waals surface area contributed by atoms with Crippen LogP contribution in [0.5, 0.6) is 0 Å². The highest BCUT2D eigenvalue weighted by atomic mass is 16.2. The zero-order valence-electron chi connectivity index (χ0n) is 15.2. The summed E-state index contributed by atoms with van der Waals surface area (Å²) in [5, 5.41) is 8.42. The maximum Gasteiger partial charge on any atom is 0.326 e. The Bertz CT molecular complexity index is 1130. The molecule has 7 heteroatoms. The second-order valence-corrected chi connectivity index (χ2v) is 6.61. The molecule has 2 aromatic carbocycles. The number of nitrogens with one attached hydrogen (secondary N) is 3. The van der Waals surface area contributed by atoms with E-state index in [1.54, 1.807) is 12.3 Å². The molecule has 1 aliphatic heterocycles. The minimum absolute atomic E-state index is 0.121. The van der Waals surface area contributed by atoms with Crippen LogP contribution in [0.25, 0.3) is 17.0 Å². The Hall–Kier alpha value is -3.87. The van der Waals surface area contributed by atoms with Gasteiger partial charge in [-0.3, -0.25) is 14.9 Å². The van der Waals surface area contributed by atoms with Gasteiger partial charge in [0.2, 0.25) is 5.91 Å². The Morgan fingerprint density at radius 1 is 1.07 bits per heavy atom. The van der Waals surface area contributed by atoms with Gasteiger partial charge in [0.05, 0.1) is 0 Å². The summed E-state index contributed by atoms with van der Waals surface area (Å²) in [4.78, 5) is 35.6. The highest BCUT2D eigenvalue weighted by molar-refractivity contribution is 6.14. The monoisotopic (exact) mass is 374 g/mol. The number of para-hydroxylation sites is 1. The van der Waals surface area contributed by atoms with Gasteiger partial charge in [0.1, 0.15) is 12.2 Å². The van der Waals surface area contributed by atoms with Gasteiger partial charge in [0.25, 0.3) is 5.91 Å². The number of aromatic nitrogens is 1. The lowest BCUT2D eigenvalue weighted by Crippen LogP contribution is -2.22. The van der Waals surface area contributed by atoms with Crippen LogP contribution in [0, 0.1) is 6.92 Å². The fourth-order valence-corrected chi connectivity index (χ4v) is 3.15. The standard InChI is InChI=1S/C21H18N4O3/c1-13-6-8-15(9-7-13)22-19(26)12-25-11-14(16-4-2-3-5-18(16)25)10-17-20(27)24-21(28)23-17/h2-11H,12H2,1H3,(H,22,26)(H2,23,24,27,28)/b17-10+. The maximum atomic E-state index is 12.5. The molecule has 0 bridgehead atoms. The number of aryl methyl sites for hydroxylation is 1. The van der Waals surface area contributed by atoms with E-state index in [1.807, 2.05) is 60.0 Å². The van der Waals surface area contributed by atoms with Crippen molar-refractivity contribution in [3.63, 3.8) is 0 Å². The van der Waals surface area contributed by atoms with Gasteiger partial charge in [-0.2, -0.15) is 0 Å². The smallest absolute Gasteiger partial charge is 0.326 e. The van der Waals surface area contributed by atoms with E-state index in [1.165, 1.54) is 0 Å². The van der Waals surface area contributed by atoms with Crippen LogP contribution >= 0.6 is 0 Å². The molecule has 0 atom stereocenters. The van der Waals surface area contributed by atoms with E-state index in [0.717, 1.165) is 27.7 Å². The highest BCUT2D eigenvalue weighted by Gasteiger charge is 2.23. The predicted molar refractivity (Wildman–Crippen MR) is 106 cm³/mol. The van der Waals surface area contributed by atoms with E-state index in [0.29, 0.717) is 0 Å². The fraction of sp³-hybridized carbons (Fsp3) is 0.0952. The molecule has 3 aromatic rings. The number of fused-ring (bicyclic) bond motifs is 1. The SMILES string of the molecule is Cc1ccc(NC(=O)Cn2cc(/C=C3/NC(=O)NC3=O)c3ccccc32)cc1.